The maximum absolute atomic E-state index is 12.1. The molecule has 20 heavy (non-hydrogen) atoms. The van der Waals surface area contributed by atoms with Crippen LogP contribution in [0.1, 0.15) is 30.0 Å². The van der Waals surface area contributed by atoms with Crippen molar-refractivity contribution in [3.8, 4) is 0 Å². The van der Waals surface area contributed by atoms with E-state index in [1.807, 2.05) is 25.1 Å². The zero-order valence-corrected chi connectivity index (χ0v) is 11.9. The van der Waals surface area contributed by atoms with Crippen molar-refractivity contribution in [1.82, 2.24) is 10.3 Å². The maximum atomic E-state index is 12.1. The van der Waals surface area contributed by atoms with Gasteiger partial charge in [0, 0.05) is 18.4 Å². The van der Waals surface area contributed by atoms with E-state index < -0.39 is 5.76 Å². The van der Waals surface area contributed by atoms with Gasteiger partial charge >= 0.3 is 0 Å². The second-order valence-corrected chi connectivity index (χ2v) is 5.30. The van der Waals surface area contributed by atoms with Crippen molar-refractivity contribution in [3.05, 3.63) is 53.7 Å². The fraction of sp³-hybridized carbons (Fsp3) is 0.357. The number of hydrogen-bond acceptors (Lipinski definition) is 4. The minimum Gasteiger partial charge on any atom is -0.464 e. The third-order valence-corrected chi connectivity index (χ3v) is 3.56. The summed E-state index contributed by atoms with van der Waals surface area (Å²) in [7, 11) is 0. The summed E-state index contributed by atoms with van der Waals surface area (Å²) < 4.78 is 29.6. The Labute approximate surface area is 120 Å². The van der Waals surface area contributed by atoms with Crippen LogP contribution in [0.15, 0.2) is 41.1 Å². The van der Waals surface area contributed by atoms with Gasteiger partial charge in [-0.15, -0.1) is 0 Å². The summed E-state index contributed by atoms with van der Waals surface area (Å²) in [5.41, 5.74) is 1.14. The average Bonchev–Trinajstić information content (AvgIpc) is 2.91. The number of nitrogens with one attached hydrogen (secondary N) is 1. The number of furan rings is 1. The lowest BCUT2D eigenvalue weighted by Crippen LogP contribution is -2.17. The van der Waals surface area contributed by atoms with Crippen molar-refractivity contribution < 1.29 is 13.2 Å². The lowest BCUT2D eigenvalue weighted by atomic mass is 10.1. The molecule has 2 aromatic heterocycles. The van der Waals surface area contributed by atoms with Crippen LogP contribution in [0.5, 0.6) is 0 Å². The maximum Gasteiger partial charge on any atom is 0.284 e. The predicted molar refractivity (Wildman–Crippen MR) is 75.5 cm³/mol. The molecule has 0 saturated heterocycles. The van der Waals surface area contributed by atoms with Crippen LogP contribution in [-0.4, -0.2) is 10.7 Å². The topological polar surface area (TPSA) is 38.1 Å². The Morgan fingerprint density at radius 1 is 1.20 bits per heavy atom. The van der Waals surface area contributed by atoms with E-state index in [0.717, 1.165) is 11.3 Å². The molecule has 0 fully saturated rings. The zero-order valence-electron chi connectivity index (χ0n) is 11.1. The van der Waals surface area contributed by atoms with Crippen LogP contribution in [-0.2, 0) is 12.3 Å². The highest BCUT2D eigenvalue weighted by atomic mass is 32.2. The first-order valence-electron chi connectivity index (χ1n) is 6.26. The Morgan fingerprint density at radius 3 is 2.60 bits per heavy atom. The monoisotopic (exact) mass is 298 g/mol. The lowest BCUT2D eigenvalue weighted by molar-refractivity contribution is 0.251. The van der Waals surface area contributed by atoms with E-state index in [1.54, 1.807) is 18.5 Å². The lowest BCUT2D eigenvalue weighted by Gasteiger charge is -2.12. The average molecular weight is 298 g/mol. The van der Waals surface area contributed by atoms with E-state index in [4.69, 9.17) is 4.42 Å². The van der Waals surface area contributed by atoms with Crippen LogP contribution in [0.4, 0.5) is 8.78 Å². The van der Waals surface area contributed by atoms with Crippen LogP contribution >= 0.6 is 11.8 Å². The SMILES string of the molecule is C[C@H](NCc1ccc(CSC(F)F)o1)c1ccncc1. The molecule has 0 aliphatic rings. The Hall–Kier alpha value is -1.40. The summed E-state index contributed by atoms with van der Waals surface area (Å²) >= 11 is 0.565. The molecule has 2 rings (SSSR count). The molecule has 108 valence electrons. The molecule has 0 spiro atoms. The molecule has 0 unspecified atom stereocenters. The third-order valence-electron chi connectivity index (χ3n) is 2.86. The van der Waals surface area contributed by atoms with E-state index in [-0.39, 0.29) is 11.8 Å². The Morgan fingerprint density at radius 2 is 1.90 bits per heavy atom. The van der Waals surface area contributed by atoms with Crippen LogP contribution in [0, 0.1) is 0 Å². The first-order valence-corrected chi connectivity index (χ1v) is 7.30. The molecule has 0 aliphatic heterocycles. The standard InChI is InChI=1S/C14H16F2N2OS/c1-10(11-4-6-17-7-5-11)18-8-12-2-3-13(19-12)9-20-14(15)16/h2-7,10,14,18H,8-9H2,1H3/t10-/m0/s1. The van der Waals surface area contributed by atoms with Gasteiger partial charge in [-0.25, -0.2) is 0 Å². The van der Waals surface area contributed by atoms with Gasteiger partial charge in [0.15, 0.2) is 0 Å². The molecule has 0 radical (unpaired) electrons. The number of rotatable bonds is 7. The molecule has 6 heteroatoms. The molecule has 0 saturated carbocycles. The van der Waals surface area contributed by atoms with Gasteiger partial charge in [-0.3, -0.25) is 4.98 Å². The summed E-state index contributed by atoms with van der Waals surface area (Å²) in [5, 5.41) is 3.32. The number of hydrogen-bond donors (Lipinski definition) is 1. The van der Waals surface area contributed by atoms with E-state index >= 15 is 0 Å². The molecule has 0 amide bonds. The largest absolute Gasteiger partial charge is 0.464 e. The van der Waals surface area contributed by atoms with Gasteiger partial charge in [-0.1, -0.05) is 11.8 Å². The minimum atomic E-state index is -2.37. The van der Waals surface area contributed by atoms with E-state index in [2.05, 4.69) is 10.3 Å². The second-order valence-electron chi connectivity index (χ2n) is 4.32. The first-order chi connectivity index (χ1) is 9.65. The highest BCUT2D eigenvalue weighted by Crippen LogP contribution is 2.21. The number of aromatic nitrogens is 1. The number of nitrogens with zero attached hydrogens (tertiary/aromatic N) is 1. The molecule has 0 aromatic carbocycles. The van der Waals surface area contributed by atoms with Crippen molar-refractivity contribution in [1.29, 1.82) is 0 Å². The molecule has 0 aliphatic carbocycles. The van der Waals surface area contributed by atoms with Crippen LogP contribution in [0.3, 0.4) is 0 Å². The van der Waals surface area contributed by atoms with Gasteiger partial charge in [0.2, 0.25) is 0 Å². The van der Waals surface area contributed by atoms with Crippen molar-refractivity contribution in [3.63, 3.8) is 0 Å². The molecule has 2 aromatic rings. The Bertz CT molecular complexity index is 519. The van der Waals surface area contributed by atoms with Gasteiger partial charge in [0.25, 0.3) is 5.76 Å². The van der Waals surface area contributed by atoms with E-state index in [0.29, 0.717) is 24.1 Å². The fourth-order valence-electron chi connectivity index (χ4n) is 1.76. The second kappa shape index (κ2) is 7.40. The van der Waals surface area contributed by atoms with Gasteiger partial charge in [0.1, 0.15) is 11.5 Å². The summed E-state index contributed by atoms with van der Waals surface area (Å²) in [5.74, 6) is -0.856. The first kappa shape index (κ1) is 15.0. The third kappa shape index (κ3) is 4.61. The van der Waals surface area contributed by atoms with Crippen LogP contribution < -0.4 is 5.32 Å². The van der Waals surface area contributed by atoms with Gasteiger partial charge in [0.05, 0.1) is 12.3 Å². The molecule has 1 N–H and O–H groups in total. The van der Waals surface area contributed by atoms with Crippen molar-refractivity contribution in [2.45, 2.75) is 31.0 Å². The van der Waals surface area contributed by atoms with E-state index in [1.165, 1.54) is 0 Å². The molecule has 1 atom stereocenters. The van der Waals surface area contributed by atoms with Gasteiger partial charge in [-0.2, -0.15) is 8.78 Å². The van der Waals surface area contributed by atoms with Crippen LogP contribution in [0.25, 0.3) is 0 Å². The molecule has 2 heterocycles. The minimum absolute atomic E-state index is 0.169. The number of halogens is 2. The summed E-state index contributed by atoms with van der Waals surface area (Å²) in [6, 6.07) is 7.62. The van der Waals surface area contributed by atoms with E-state index in [9.17, 15) is 8.78 Å². The molecule has 0 bridgehead atoms. The van der Waals surface area contributed by atoms with Crippen molar-refractivity contribution >= 4 is 11.8 Å². The van der Waals surface area contributed by atoms with Gasteiger partial charge < -0.3 is 9.73 Å². The zero-order chi connectivity index (χ0) is 14.4. The predicted octanol–water partition coefficient (Wildman–Crippen LogP) is 3.98. The molecule has 3 nitrogen and oxygen atoms in total. The number of thioether (sulfide) groups is 1. The fourth-order valence-corrected chi connectivity index (χ4v) is 2.21. The molecular formula is C14H16F2N2OS. The smallest absolute Gasteiger partial charge is 0.284 e. The highest BCUT2D eigenvalue weighted by Gasteiger charge is 2.09. The number of alkyl halides is 2. The van der Waals surface area contributed by atoms with Crippen LogP contribution in [0.2, 0.25) is 0 Å². The Kier molecular flexibility index (Phi) is 5.55. The van der Waals surface area contributed by atoms with Crippen molar-refractivity contribution in [2.24, 2.45) is 0 Å². The normalized spacial score (nSPS) is 12.8. The van der Waals surface area contributed by atoms with Crippen molar-refractivity contribution in [2.75, 3.05) is 0 Å². The quantitative estimate of drug-likeness (QED) is 0.839. The summed E-state index contributed by atoms with van der Waals surface area (Å²) in [6.07, 6.45) is 3.50. The van der Waals surface area contributed by atoms with Gasteiger partial charge in [-0.05, 0) is 36.8 Å². The Balaban J connectivity index is 1.82. The summed E-state index contributed by atoms with van der Waals surface area (Å²) in [4.78, 5) is 3.97. The molecular weight excluding hydrogens is 282 g/mol. The highest BCUT2D eigenvalue weighted by molar-refractivity contribution is 7.98. The summed E-state index contributed by atoms with van der Waals surface area (Å²) in [6.45, 7) is 2.61. The number of pyridine rings is 1.